The monoisotopic (exact) mass is 183 g/mol. The Hall–Kier alpha value is -1.07. The van der Waals surface area contributed by atoms with Gasteiger partial charge in [0.2, 0.25) is 0 Å². The van der Waals surface area contributed by atoms with E-state index in [1.807, 2.05) is 6.07 Å². The second kappa shape index (κ2) is 3.76. The molecule has 1 aromatic heterocycles. The Labute approximate surface area is 76.3 Å². The molecule has 1 saturated heterocycles. The van der Waals surface area contributed by atoms with Gasteiger partial charge in [0.15, 0.2) is 5.82 Å². The SMILES string of the molecule is OCC1COCCN1c1cc[nH]n1. The topological polar surface area (TPSA) is 61.4 Å². The summed E-state index contributed by atoms with van der Waals surface area (Å²) in [6.45, 7) is 2.16. The maximum atomic E-state index is 9.10. The number of nitrogens with zero attached hydrogens (tertiary/aromatic N) is 2. The van der Waals surface area contributed by atoms with Crippen LogP contribution in [-0.2, 0) is 4.74 Å². The average molecular weight is 183 g/mol. The third-order valence-corrected chi connectivity index (χ3v) is 2.22. The number of aliphatic hydroxyl groups is 1. The summed E-state index contributed by atoms with van der Waals surface area (Å²) in [5.41, 5.74) is 0. The van der Waals surface area contributed by atoms with Crippen molar-refractivity contribution in [1.82, 2.24) is 10.2 Å². The third-order valence-electron chi connectivity index (χ3n) is 2.22. The van der Waals surface area contributed by atoms with E-state index in [0.717, 1.165) is 12.4 Å². The second-order valence-electron chi connectivity index (χ2n) is 3.04. The predicted octanol–water partition coefficient (Wildman–Crippen LogP) is -0.393. The number of hydrogen-bond donors (Lipinski definition) is 2. The third kappa shape index (κ3) is 1.66. The van der Waals surface area contributed by atoms with Gasteiger partial charge in [-0.2, -0.15) is 5.10 Å². The highest BCUT2D eigenvalue weighted by atomic mass is 16.5. The van der Waals surface area contributed by atoms with Crippen LogP contribution in [0.3, 0.4) is 0 Å². The molecule has 1 unspecified atom stereocenters. The van der Waals surface area contributed by atoms with Gasteiger partial charge in [-0.3, -0.25) is 5.10 Å². The van der Waals surface area contributed by atoms with Gasteiger partial charge in [-0.1, -0.05) is 0 Å². The molecule has 0 spiro atoms. The molecule has 5 heteroatoms. The van der Waals surface area contributed by atoms with E-state index in [-0.39, 0.29) is 12.6 Å². The quantitative estimate of drug-likeness (QED) is 0.655. The van der Waals surface area contributed by atoms with Crippen LogP contribution in [0.5, 0.6) is 0 Å². The molecule has 2 rings (SSSR count). The van der Waals surface area contributed by atoms with Crippen LogP contribution in [0.1, 0.15) is 0 Å². The molecule has 0 aliphatic carbocycles. The number of anilines is 1. The van der Waals surface area contributed by atoms with E-state index in [1.165, 1.54) is 0 Å². The van der Waals surface area contributed by atoms with Crippen molar-refractivity contribution >= 4 is 5.82 Å². The molecule has 72 valence electrons. The Morgan fingerprint density at radius 3 is 3.38 bits per heavy atom. The summed E-state index contributed by atoms with van der Waals surface area (Å²) in [5, 5.41) is 15.9. The van der Waals surface area contributed by atoms with Gasteiger partial charge in [0, 0.05) is 18.8 Å². The molecule has 0 amide bonds. The highest BCUT2D eigenvalue weighted by Gasteiger charge is 2.23. The smallest absolute Gasteiger partial charge is 0.150 e. The molecule has 0 aromatic carbocycles. The molecule has 0 saturated carbocycles. The van der Waals surface area contributed by atoms with Crippen molar-refractivity contribution in [3.63, 3.8) is 0 Å². The molecule has 2 N–H and O–H groups in total. The summed E-state index contributed by atoms with van der Waals surface area (Å²) in [5.74, 6) is 0.877. The van der Waals surface area contributed by atoms with Crippen LogP contribution >= 0.6 is 0 Å². The second-order valence-corrected chi connectivity index (χ2v) is 3.04. The Morgan fingerprint density at radius 1 is 1.77 bits per heavy atom. The largest absolute Gasteiger partial charge is 0.394 e. The average Bonchev–Trinajstić information content (AvgIpc) is 2.70. The molecule has 1 aromatic rings. The predicted molar refractivity (Wildman–Crippen MR) is 47.6 cm³/mol. The molecule has 0 radical (unpaired) electrons. The zero-order valence-corrected chi connectivity index (χ0v) is 7.31. The molecule has 1 aliphatic rings. The van der Waals surface area contributed by atoms with E-state index in [4.69, 9.17) is 9.84 Å². The van der Waals surface area contributed by atoms with E-state index in [9.17, 15) is 0 Å². The first-order valence-corrected chi connectivity index (χ1v) is 4.37. The molecule has 0 bridgehead atoms. The molecule has 1 fully saturated rings. The summed E-state index contributed by atoms with van der Waals surface area (Å²) in [6.07, 6.45) is 1.78. The first-order valence-electron chi connectivity index (χ1n) is 4.37. The van der Waals surface area contributed by atoms with E-state index in [2.05, 4.69) is 15.1 Å². The summed E-state index contributed by atoms with van der Waals surface area (Å²) in [6, 6.07) is 1.94. The minimum absolute atomic E-state index is 0.0389. The van der Waals surface area contributed by atoms with E-state index >= 15 is 0 Å². The molecule has 1 aliphatic heterocycles. The summed E-state index contributed by atoms with van der Waals surface area (Å²) >= 11 is 0. The lowest BCUT2D eigenvalue weighted by molar-refractivity contribution is 0.0723. The van der Waals surface area contributed by atoms with Crippen molar-refractivity contribution < 1.29 is 9.84 Å². The van der Waals surface area contributed by atoms with Gasteiger partial charge in [-0.05, 0) is 0 Å². The van der Waals surface area contributed by atoms with Crippen molar-refractivity contribution in [2.24, 2.45) is 0 Å². The summed E-state index contributed by atoms with van der Waals surface area (Å²) in [4.78, 5) is 2.06. The van der Waals surface area contributed by atoms with Crippen molar-refractivity contribution in [2.75, 3.05) is 31.3 Å². The van der Waals surface area contributed by atoms with Crippen molar-refractivity contribution in [1.29, 1.82) is 0 Å². The van der Waals surface area contributed by atoms with Crippen molar-refractivity contribution in [3.05, 3.63) is 12.3 Å². The van der Waals surface area contributed by atoms with Gasteiger partial charge >= 0.3 is 0 Å². The van der Waals surface area contributed by atoms with Crippen LogP contribution in [0.4, 0.5) is 5.82 Å². The number of nitrogens with one attached hydrogen (secondary N) is 1. The fourth-order valence-electron chi connectivity index (χ4n) is 1.52. The van der Waals surface area contributed by atoms with Crippen LogP contribution in [0.2, 0.25) is 0 Å². The lowest BCUT2D eigenvalue weighted by Crippen LogP contribution is -2.47. The van der Waals surface area contributed by atoms with Gasteiger partial charge < -0.3 is 14.7 Å². The number of hydrogen-bond acceptors (Lipinski definition) is 4. The highest BCUT2D eigenvalue weighted by molar-refractivity contribution is 5.38. The first kappa shape index (κ1) is 8.52. The van der Waals surface area contributed by atoms with E-state index < -0.39 is 0 Å². The van der Waals surface area contributed by atoms with Gasteiger partial charge in [-0.15, -0.1) is 0 Å². The molecule has 13 heavy (non-hydrogen) atoms. The van der Waals surface area contributed by atoms with Crippen LogP contribution in [0.15, 0.2) is 12.3 Å². The number of ether oxygens (including phenoxy) is 1. The summed E-state index contributed by atoms with van der Waals surface area (Å²) < 4.78 is 5.26. The van der Waals surface area contributed by atoms with Crippen LogP contribution in [0.25, 0.3) is 0 Å². The Balaban J connectivity index is 2.11. The van der Waals surface area contributed by atoms with E-state index in [0.29, 0.717) is 13.2 Å². The fourth-order valence-corrected chi connectivity index (χ4v) is 1.52. The Morgan fingerprint density at radius 2 is 2.69 bits per heavy atom. The number of rotatable bonds is 2. The minimum atomic E-state index is 0.0389. The molecular formula is C8H13N3O2. The Kier molecular flexibility index (Phi) is 2.47. The standard InChI is InChI=1S/C8H13N3O2/c12-5-7-6-13-4-3-11(7)8-1-2-9-10-8/h1-2,7,12H,3-6H2,(H,9,10). The van der Waals surface area contributed by atoms with E-state index in [1.54, 1.807) is 6.20 Å². The first-order chi connectivity index (χ1) is 6.42. The number of morpholine rings is 1. The van der Waals surface area contributed by atoms with Crippen molar-refractivity contribution in [3.8, 4) is 0 Å². The van der Waals surface area contributed by atoms with Gasteiger partial charge in [0.25, 0.3) is 0 Å². The lowest BCUT2D eigenvalue weighted by atomic mass is 10.2. The fraction of sp³-hybridized carbons (Fsp3) is 0.625. The van der Waals surface area contributed by atoms with Crippen LogP contribution < -0.4 is 4.90 Å². The normalized spacial score (nSPS) is 23.5. The number of H-pyrrole nitrogens is 1. The van der Waals surface area contributed by atoms with Gasteiger partial charge in [0.1, 0.15) is 0 Å². The maximum Gasteiger partial charge on any atom is 0.150 e. The zero-order valence-electron chi connectivity index (χ0n) is 7.31. The Bertz CT molecular complexity index is 250. The highest BCUT2D eigenvalue weighted by Crippen LogP contribution is 2.15. The summed E-state index contributed by atoms with van der Waals surface area (Å²) in [7, 11) is 0. The van der Waals surface area contributed by atoms with Crippen LogP contribution in [0, 0.1) is 0 Å². The lowest BCUT2D eigenvalue weighted by Gasteiger charge is -2.34. The van der Waals surface area contributed by atoms with Crippen molar-refractivity contribution in [2.45, 2.75) is 6.04 Å². The number of aromatic nitrogens is 2. The van der Waals surface area contributed by atoms with Gasteiger partial charge in [-0.25, -0.2) is 0 Å². The molecule has 5 nitrogen and oxygen atoms in total. The number of aromatic amines is 1. The van der Waals surface area contributed by atoms with Crippen LogP contribution in [-0.4, -0.2) is 47.7 Å². The molecular weight excluding hydrogens is 170 g/mol. The number of aliphatic hydroxyl groups excluding tert-OH is 1. The molecule has 2 heterocycles. The minimum Gasteiger partial charge on any atom is -0.394 e. The maximum absolute atomic E-state index is 9.10. The molecule has 1 atom stereocenters. The van der Waals surface area contributed by atoms with Gasteiger partial charge in [0.05, 0.1) is 25.9 Å². The zero-order chi connectivity index (χ0) is 9.10.